The zero-order chi connectivity index (χ0) is 16.4. The molecule has 0 aliphatic carbocycles. The zero-order valence-corrected chi connectivity index (χ0v) is 14.1. The predicted octanol–water partition coefficient (Wildman–Crippen LogP) is 4.30. The molecule has 0 atom stereocenters. The smallest absolute Gasteiger partial charge is 0.141 e. The summed E-state index contributed by atoms with van der Waals surface area (Å²) in [4.78, 5) is 10.1. The molecule has 4 rings (SSSR count). The minimum absolute atomic E-state index is 0.851. The zero-order valence-electron chi connectivity index (χ0n) is 14.1. The Morgan fingerprint density at radius 3 is 2.71 bits per heavy atom. The molecule has 1 N–H and O–H groups in total. The van der Waals surface area contributed by atoms with Crippen LogP contribution >= 0.6 is 0 Å². The van der Waals surface area contributed by atoms with E-state index in [1.54, 1.807) is 6.20 Å². The Balaban J connectivity index is 1.45. The van der Waals surface area contributed by atoms with Crippen LogP contribution in [0.3, 0.4) is 0 Å². The van der Waals surface area contributed by atoms with Crippen molar-refractivity contribution in [2.45, 2.75) is 26.2 Å². The van der Waals surface area contributed by atoms with Gasteiger partial charge in [0.05, 0.1) is 5.39 Å². The van der Waals surface area contributed by atoms with Gasteiger partial charge in [0.1, 0.15) is 17.1 Å². The number of likely N-dealkylation sites (tertiary alicyclic amines) is 1. The van der Waals surface area contributed by atoms with Crippen molar-refractivity contribution in [3.8, 4) is 11.5 Å². The normalized spacial score (nSPS) is 15.2. The van der Waals surface area contributed by atoms with E-state index in [1.165, 1.54) is 31.5 Å². The van der Waals surface area contributed by atoms with Gasteiger partial charge < -0.3 is 14.6 Å². The average Bonchev–Trinajstić information content (AvgIpc) is 3.25. The van der Waals surface area contributed by atoms with Gasteiger partial charge in [-0.3, -0.25) is 0 Å². The van der Waals surface area contributed by atoms with Crippen LogP contribution in [-0.4, -0.2) is 34.5 Å². The average molecular weight is 321 g/mol. The molecule has 24 heavy (non-hydrogen) atoms. The molecule has 1 saturated heterocycles. The molecule has 3 heterocycles. The van der Waals surface area contributed by atoms with Crippen molar-refractivity contribution in [3.63, 3.8) is 0 Å². The highest BCUT2D eigenvalue weighted by Crippen LogP contribution is 2.30. The van der Waals surface area contributed by atoms with E-state index in [0.717, 1.165) is 41.1 Å². The van der Waals surface area contributed by atoms with Gasteiger partial charge in [-0.25, -0.2) is 4.98 Å². The van der Waals surface area contributed by atoms with Gasteiger partial charge in [0, 0.05) is 18.9 Å². The number of hydrogen-bond donors (Lipinski definition) is 1. The van der Waals surface area contributed by atoms with Crippen molar-refractivity contribution in [1.29, 1.82) is 0 Å². The van der Waals surface area contributed by atoms with E-state index in [9.17, 15) is 0 Å². The number of H-pyrrole nitrogens is 1. The minimum atomic E-state index is 0.851. The molecule has 0 saturated carbocycles. The summed E-state index contributed by atoms with van der Waals surface area (Å²) in [5.74, 6) is 1.72. The van der Waals surface area contributed by atoms with Gasteiger partial charge >= 0.3 is 0 Å². The second kappa shape index (κ2) is 6.65. The van der Waals surface area contributed by atoms with Gasteiger partial charge in [-0.05, 0) is 68.6 Å². The summed E-state index contributed by atoms with van der Waals surface area (Å²) in [5.41, 5.74) is 3.38. The molecule has 1 aromatic carbocycles. The summed E-state index contributed by atoms with van der Waals surface area (Å²) in [5, 5.41) is 1.05. The van der Waals surface area contributed by atoms with Gasteiger partial charge in [-0.2, -0.15) is 0 Å². The summed E-state index contributed by atoms with van der Waals surface area (Å²) in [7, 11) is 0. The molecular formula is C20H23N3O. The molecule has 0 radical (unpaired) electrons. The second-order valence-electron chi connectivity index (χ2n) is 6.55. The number of nitrogens with zero attached hydrogens (tertiary/aromatic N) is 2. The highest BCUT2D eigenvalue weighted by molar-refractivity contribution is 5.86. The fraction of sp³-hybridized carbons (Fsp3) is 0.350. The van der Waals surface area contributed by atoms with Crippen LogP contribution in [0.4, 0.5) is 0 Å². The SMILES string of the molecule is Cc1c[nH]c2nccc(Oc3ccc(CCN4CCCC4)cc3)c12. The molecular weight excluding hydrogens is 298 g/mol. The first kappa shape index (κ1) is 15.2. The van der Waals surface area contributed by atoms with Crippen molar-refractivity contribution >= 4 is 11.0 Å². The standard InChI is InChI=1S/C20H23N3O/c1-15-14-22-20-19(15)18(8-10-21-20)24-17-6-4-16(5-7-17)9-13-23-11-2-3-12-23/h4-8,10,14H,2-3,9,11-13H2,1H3,(H,21,22). The first-order valence-corrected chi connectivity index (χ1v) is 8.71. The lowest BCUT2D eigenvalue weighted by Gasteiger charge is -2.14. The van der Waals surface area contributed by atoms with Crippen LogP contribution in [0.5, 0.6) is 11.5 Å². The van der Waals surface area contributed by atoms with Gasteiger partial charge in [0.2, 0.25) is 0 Å². The van der Waals surface area contributed by atoms with E-state index in [0.29, 0.717) is 0 Å². The number of fused-ring (bicyclic) bond motifs is 1. The number of pyridine rings is 1. The first-order valence-electron chi connectivity index (χ1n) is 8.71. The quantitative estimate of drug-likeness (QED) is 0.761. The third kappa shape index (κ3) is 3.15. The molecule has 0 bridgehead atoms. The summed E-state index contributed by atoms with van der Waals surface area (Å²) in [6, 6.07) is 10.4. The third-order valence-corrected chi connectivity index (χ3v) is 4.80. The molecule has 3 aromatic rings. The van der Waals surface area contributed by atoms with Crippen LogP contribution < -0.4 is 4.74 Å². The third-order valence-electron chi connectivity index (χ3n) is 4.80. The lowest BCUT2D eigenvalue weighted by Crippen LogP contribution is -2.21. The fourth-order valence-electron chi connectivity index (χ4n) is 3.41. The Kier molecular flexibility index (Phi) is 4.22. The Morgan fingerprint density at radius 1 is 1.12 bits per heavy atom. The number of benzene rings is 1. The van der Waals surface area contributed by atoms with Gasteiger partial charge in [0.25, 0.3) is 0 Å². The number of hydrogen-bond acceptors (Lipinski definition) is 3. The van der Waals surface area contributed by atoms with Gasteiger partial charge in [-0.1, -0.05) is 12.1 Å². The number of aromatic nitrogens is 2. The van der Waals surface area contributed by atoms with Crippen LogP contribution in [0.25, 0.3) is 11.0 Å². The molecule has 1 fully saturated rings. The number of nitrogens with one attached hydrogen (secondary N) is 1. The molecule has 124 valence electrons. The Labute approximate surface area is 142 Å². The Morgan fingerprint density at radius 2 is 1.92 bits per heavy atom. The highest BCUT2D eigenvalue weighted by Gasteiger charge is 2.11. The number of ether oxygens (including phenoxy) is 1. The molecule has 2 aromatic heterocycles. The lowest BCUT2D eigenvalue weighted by atomic mass is 10.1. The molecule has 1 aliphatic rings. The maximum absolute atomic E-state index is 6.09. The molecule has 4 nitrogen and oxygen atoms in total. The summed E-state index contributed by atoms with van der Waals surface area (Å²) < 4.78 is 6.09. The van der Waals surface area contributed by atoms with Gasteiger partial charge in [0.15, 0.2) is 0 Å². The lowest BCUT2D eigenvalue weighted by molar-refractivity contribution is 0.343. The molecule has 4 heteroatoms. The van der Waals surface area contributed by atoms with Crippen molar-refractivity contribution in [2.75, 3.05) is 19.6 Å². The topological polar surface area (TPSA) is 41.1 Å². The van der Waals surface area contributed by atoms with Crippen molar-refractivity contribution in [3.05, 3.63) is 53.9 Å². The fourth-order valence-corrected chi connectivity index (χ4v) is 3.41. The summed E-state index contributed by atoms with van der Waals surface area (Å²) in [6.45, 7) is 5.74. The van der Waals surface area contributed by atoms with E-state index >= 15 is 0 Å². The number of rotatable bonds is 5. The summed E-state index contributed by atoms with van der Waals surface area (Å²) in [6.07, 6.45) is 7.55. The first-order chi connectivity index (χ1) is 11.8. The van der Waals surface area contributed by atoms with E-state index in [4.69, 9.17) is 4.74 Å². The molecule has 0 unspecified atom stereocenters. The Hall–Kier alpha value is -2.33. The van der Waals surface area contributed by atoms with Crippen LogP contribution in [-0.2, 0) is 6.42 Å². The monoisotopic (exact) mass is 321 g/mol. The Bertz CT molecular complexity index is 817. The second-order valence-corrected chi connectivity index (χ2v) is 6.55. The van der Waals surface area contributed by atoms with Crippen LogP contribution in [0.2, 0.25) is 0 Å². The number of aromatic amines is 1. The molecule has 0 amide bonds. The molecule has 0 spiro atoms. The van der Waals surface area contributed by atoms with Crippen LogP contribution in [0.15, 0.2) is 42.7 Å². The maximum atomic E-state index is 6.09. The van der Waals surface area contributed by atoms with Gasteiger partial charge in [-0.15, -0.1) is 0 Å². The molecule has 1 aliphatic heterocycles. The maximum Gasteiger partial charge on any atom is 0.141 e. The van der Waals surface area contributed by atoms with E-state index in [1.807, 2.05) is 12.3 Å². The van der Waals surface area contributed by atoms with Crippen molar-refractivity contribution < 1.29 is 4.74 Å². The van der Waals surface area contributed by atoms with Crippen molar-refractivity contribution in [2.24, 2.45) is 0 Å². The minimum Gasteiger partial charge on any atom is -0.457 e. The van der Waals surface area contributed by atoms with Crippen molar-refractivity contribution in [1.82, 2.24) is 14.9 Å². The van der Waals surface area contributed by atoms with E-state index in [-0.39, 0.29) is 0 Å². The predicted molar refractivity (Wildman–Crippen MR) is 96.7 cm³/mol. The number of aryl methyl sites for hydroxylation is 1. The van der Waals surface area contributed by atoms with E-state index < -0.39 is 0 Å². The van der Waals surface area contributed by atoms with Crippen LogP contribution in [0.1, 0.15) is 24.0 Å². The summed E-state index contributed by atoms with van der Waals surface area (Å²) >= 11 is 0. The highest BCUT2D eigenvalue weighted by atomic mass is 16.5. The van der Waals surface area contributed by atoms with E-state index in [2.05, 4.69) is 46.1 Å². The van der Waals surface area contributed by atoms with Crippen LogP contribution in [0, 0.1) is 6.92 Å². The largest absolute Gasteiger partial charge is 0.457 e.